The van der Waals surface area contributed by atoms with E-state index in [9.17, 15) is 4.79 Å². The lowest BCUT2D eigenvalue weighted by Gasteiger charge is -2.17. The minimum atomic E-state index is -0.467. The minimum absolute atomic E-state index is 0.00998. The fraction of sp³-hybridized carbons (Fsp3) is 0.219. The number of rotatable bonds is 13. The molecule has 0 atom stereocenters. The molecule has 0 aliphatic heterocycles. The van der Waals surface area contributed by atoms with Crippen molar-refractivity contribution in [2.75, 3.05) is 14.2 Å². The van der Waals surface area contributed by atoms with Gasteiger partial charge in [-0.2, -0.15) is 0 Å². The molecule has 5 nitrogen and oxygen atoms in total. The highest BCUT2D eigenvalue weighted by Gasteiger charge is 2.17. The normalized spacial score (nSPS) is 10.9. The number of benzene rings is 4. The average molecular weight is 497 g/mol. The van der Waals surface area contributed by atoms with Crippen molar-refractivity contribution in [2.24, 2.45) is 0 Å². The fourth-order valence-electron chi connectivity index (χ4n) is 4.05. The van der Waals surface area contributed by atoms with Gasteiger partial charge >= 0.3 is 0 Å². The van der Waals surface area contributed by atoms with E-state index in [4.69, 9.17) is 18.9 Å². The lowest BCUT2D eigenvalue weighted by molar-refractivity contribution is -0.100. The van der Waals surface area contributed by atoms with E-state index in [0.717, 1.165) is 28.0 Å². The molecule has 0 saturated carbocycles. The molecular weight excluding hydrogens is 464 g/mol. The van der Waals surface area contributed by atoms with Gasteiger partial charge in [0, 0.05) is 32.6 Å². The van der Waals surface area contributed by atoms with Crippen LogP contribution in [0.15, 0.2) is 103 Å². The van der Waals surface area contributed by atoms with Crippen LogP contribution in [0.4, 0.5) is 0 Å². The summed E-state index contributed by atoms with van der Waals surface area (Å²) in [7, 11) is 3.18. The van der Waals surface area contributed by atoms with Gasteiger partial charge < -0.3 is 18.9 Å². The lowest BCUT2D eigenvalue weighted by atomic mass is 9.96. The molecule has 37 heavy (non-hydrogen) atoms. The van der Waals surface area contributed by atoms with Crippen LogP contribution in [0.2, 0.25) is 0 Å². The summed E-state index contributed by atoms with van der Waals surface area (Å²) >= 11 is 0. The zero-order chi connectivity index (χ0) is 25.9. The van der Waals surface area contributed by atoms with E-state index < -0.39 is 6.29 Å². The molecule has 190 valence electrons. The van der Waals surface area contributed by atoms with Crippen LogP contribution < -0.4 is 9.47 Å². The number of carbonyl (C=O) groups excluding carboxylic acids is 1. The summed E-state index contributed by atoms with van der Waals surface area (Å²) < 4.78 is 22.8. The molecule has 0 amide bonds. The van der Waals surface area contributed by atoms with Crippen molar-refractivity contribution in [2.45, 2.75) is 32.3 Å². The Hall–Kier alpha value is -3.93. The number of carbonyl (C=O) groups is 1. The molecule has 0 saturated heterocycles. The van der Waals surface area contributed by atoms with E-state index in [1.165, 1.54) is 0 Å². The fourth-order valence-corrected chi connectivity index (χ4v) is 4.05. The van der Waals surface area contributed by atoms with Gasteiger partial charge in [-0.1, -0.05) is 72.8 Å². The van der Waals surface area contributed by atoms with Crippen LogP contribution in [0.3, 0.4) is 0 Å². The number of hydrogen-bond donors (Lipinski definition) is 0. The second kappa shape index (κ2) is 13.4. The lowest BCUT2D eigenvalue weighted by Crippen LogP contribution is -2.18. The van der Waals surface area contributed by atoms with Crippen molar-refractivity contribution in [3.63, 3.8) is 0 Å². The number of Topliss-reactive ketones (excluding diaryl/α,β-unsaturated/α-hetero) is 1. The van der Waals surface area contributed by atoms with Crippen LogP contribution in [0.5, 0.6) is 11.5 Å². The summed E-state index contributed by atoms with van der Waals surface area (Å²) in [6.45, 7) is 0.920. The van der Waals surface area contributed by atoms with Gasteiger partial charge in [-0.05, 0) is 52.6 Å². The molecule has 0 aromatic heterocycles. The Morgan fingerprint density at radius 1 is 0.649 bits per heavy atom. The molecule has 0 radical (unpaired) electrons. The smallest absolute Gasteiger partial charge is 0.167 e. The Morgan fingerprint density at radius 3 is 1.81 bits per heavy atom. The van der Waals surface area contributed by atoms with E-state index >= 15 is 0 Å². The molecule has 0 fully saturated rings. The molecule has 0 heterocycles. The second-order valence-electron chi connectivity index (χ2n) is 8.72. The number of ether oxygens (including phenoxy) is 4. The Balaban J connectivity index is 1.48. The van der Waals surface area contributed by atoms with Gasteiger partial charge in [-0.25, -0.2) is 0 Å². The monoisotopic (exact) mass is 496 g/mol. The minimum Gasteiger partial charge on any atom is -0.489 e. The summed E-state index contributed by atoms with van der Waals surface area (Å²) in [5, 5.41) is 0. The summed E-state index contributed by atoms with van der Waals surface area (Å²) in [5.74, 6) is 1.44. The van der Waals surface area contributed by atoms with E-state index in [0.29, 0.717) is 30.9 Å². The predicted octanol–water partition coefficient (Wildman–Crippen LogP) is 6.43. The molecule has 0 unspecified atom stereocenters. The Labute approximate surface area is 218 Å². The highest BCUT2D eigenvalue weighted by atomic mass is 16.7. The Bertz CT molecular complexity index is 1270. The van der Waals surface area contributed by atoms with Crippen LogP contribution in [0, 0.1) is 0 Å². The topological polar surface area (TPSA) is 54.0 Å². The zero-order valence-electron chi connectivity index (χ0n) is 21.3. The first kappa shape index (κ1) is 26.1. The van der Waals surface area contributed by atoms with Crippen molar-refractivity contribution in [3.05, 3.63) is 131 Å². The number of ketones is 1. The summed E-state index contributed by atoms with van der Waals surface area (Å²) in [4.78, 5) is 13.4. The number of hydrogen-bond acceptors (Lipinski definition) is 5. The van der Waals surface area contributed by atoms with Gasteiger partial charge in [0.15, 0.2) is 12.1 Å². The molecule has 4 aromatic carbocycles. The van der Waals surface area contributed by atoms with Gasteiger partial charge in [-0.3, -0.25) is 4.79 Å². The van der Waals surface area contributed by atoms with Crippen LogP contribution in [0.1, 0.15) is 32.6 Å². The van der Waals surface area contributed by atoms with Gasteiger partial charge in [0.1, 0.15) is 24.7 Å². The van der Waals surface area contributed by atoms with Crippen LogP contribution >= 0.6 is 0 Å². The maximum atomic E-state index is 13.4. The predicted molar refractivity (Wildman–Crippen MR) is 144 cm³/mol. The third-order valence-electron chi connectivity index (χ3n) is 6.05. The SMILES string of the molecule is COC(Cc1cc(OCc2ccccc2)ccc1C(=O)Cc1cccc(OCc2ccccc2)c1)OC. The van der Waals surface area contributed by atoms with E-state index in [1.807, 2.05) is 103 Å². The molecule has 4 rings (SSSR count). The molecule has 0 N–H and O–H groups in total. The highest BCUT2D eigenvalue weighted by molar-refractivity contribution is 5.99. The third kappa shape index (κ3) is 7.78. The van der Waals surface area contributed by atoms with Gasteiger partial charge in [0.05, 0.1) is 0 Å². The van der Waals surface area contributed by atoms with Gasteiger partial charge in [0.2, 0.25) is 0 Å². The molecule has 0 aliphatic rings. The average Bonchev–Trinajstić information content (AvgIpc) is 2.95. The van der Waals surface area contributed by atoms with E-state index in [1.54, 1.807) is 14.2 Å². The second-order valence-corrected chi connectivity index (χ2v) is 8.72. The number of methoxy groups -OCH3 is 2. The molecular formula is C32H32O5. The maximum Gasteiger partial charge on any atom is 0.167 e. The van der Waals surface area contributed by atoms with Crippen LogP contribution in [0.25, 0.3) is 0 Å². The third-order valence-corrected chi connectivity index (χ3v) is 6.05. The van der Waals surface area contributed by atoms with Crippen LogP contribution in [-0.2, 0) is 35.5 Å². The molecule has 0 aliphatic carbocycles. The molecule has 0 bridgehead atoms. The summed E-state index contributed by atoms with van der Waals surface area (Å²) in [6, 6.07) is 33.2. The van der Waals surface area contributed by atoms with Gasteiger partial charge in [-0.15, -0.1) is 0 Å². The molecule has 4 aromatic rings. The molecule has 5 heteroatoms. The van der Waals surface area contributed by atoms with Crippen molar-refractivity contribution >= 4 is 5.78 Å². The Morgan fingerprint density at radius 2 is 1.22 bits per heavy atom. The Kier molecular flexibility index (Phi) is 9.47. The first-order chi connectivity index (χ1) is 18.1. The van der Waals surface area contributed by atoms with Crippen molar-refractivity contribution < 1.29 is 23.7 Å². The largest absolute Gasteiger partial charge is 0.489 e. The van der Waals surface area contributed by atoms with E-state index in [2.05, 4.69) is 0 Å². The highest BCUT2D eigenvalue weighted by Crippen LogP contribution is 2.24. The van der Waals surface area contributed by atoms with Crippen molar-refractivity contribution in [1.82, 2.24) is 0 Å². The summed E-state index contributed by atoms with van der Waals surface area (Å²) in [6.07, 6.45) is 0.215. The first-order valence-corrected chi connectivity index (χ1v) is 12.3. The standard InChI is InChI=1S/C32H32O5/c1-34-32(35-2)21-27-20-29(37-23-25-12-7-4-8-13-25)16-17-30(27)31(33)19-26-14-9-15-28(18-26)36-22-24-10-5-3-6-11-24/h3-18,20,32H,19,21-23H2,1-2H3. The van der Waals surface area contributed by atoms with Gasteiger partial charge in [0.25, 0.3) is 0 Å². The van der Waals surface area contributed by atoms with E-state index in [-0.39, 0.29) is 12.2 Å². The quantitative estimate of drug-likeness (QED) is 0.158. The molecule has 0 spiro atoms. The van der Waals surface area contributed by atoms with Crippen molar-refractivity contribution in [3.8, 4) is 11.5 Å². The summed E-state index contributed by atoms with van der Waals surface area (Å²) in [5.41, 5.74) is 4.50. The maximum absolute atomic E-state index is 13.4. The zero-order valence-corrected chi connectivity index (χ0v) is 21.3. The first-order valence-electron chi connectivity index (χ1n) is 12.3. The van der Waals surface area contributed by atoms with Crippen molar-refractivity contribution in [1.29, 1.82) is 0 Å². The van der Waals surface area contributed by atoms with Crippen LogP contribution in [-0.4, -0.2) is 26.3 Å².